The van der Waals surface area contributed by atoms with Gasteiger partial charge >= 0.3 is 5.63 Å². The first-order valence-electron chi connectivity index (χ1n) is 5.29. The van der Waals surface area contributed by atoms with Gasteiger partial charge in [0.15, 0.2) is 0 Å². The average molecular weight is 225 g/mol. The maximum atomic E-state index is 11.5. The lowest BCUT2D eigenvalue weighted by Crippen LogP contribution is -2.36. The summed E-state index contributed by atoms with van der Waals surface area (Å²) >= 11 is 0. The molecule has 16 heavy (non-hydrogen) atoms. The standard InChI is InChI=1S/C11H15NO4/c1-8-6-10(13)9(11(14)16-8)7-12-2-4-15-5-3-12/h6,13H,2-5,7H2,1H3. The number of morpholine rings is 1. The van der Waals surface area contributed by atoms with Crippen LogP contribution in [0, 0.1) is 6.92 Å². The molecule has 2 rings (SSSR count). The molecular weight excluding hydrogens is 210 g/mol. The fraction of sp³-hybridized carbons (Fsp3) is 0.545. The monoisotopic (exact) mass is 225 g/mol. The highest BCUT2D eigenvalue weighted by Crippen LogP contribution is 2.16. The Labute approximate surface area is 93.2 Å². The topological polar surface area (TPSA) is 62.9 Å². The minimum absolute atomic E-state index is 0.0141. The quantitative estimate of drug-likeness (QED) is 0.793. The van der Waals surface area contributed by atoms with Gasteiger partial charge in [-0.05, 0) is 6.92 Å². The lowest BCUT2D eigenvalue weighted by Gasteiger charge is -2.26. The van der Waals surface area contributed by atoms with Crippen LogP contribution < -0.4 is 5.63 Å². The first-order chi connectivity index (χ1) is 7.66. The van der Waals surface area contributed by atoms with Crippen LogP contribution in [0.5, 0.6) is 5.75 Å². The summed E-state index contributed by atoms with van der Waals surface area (Å²) < 4.78 is 10.2. The molecule has 0 saturated carbocycles. The molecule has 1 N–H and O–H groups in total. The summed E-state index contributed by atoms with van der Waals surface area (Å²) in [7, 11) is 0. The third-order valence-electron chi connectivity index (χ3n) is 2.63. The molecule has 0 bridgehead atoms. The Bertz CT molecular complexity index is 420. The van der Waals surface area contributed by atoms with Gasteiger partial charge in [-0.3, -0.25) is 4.90 Å². The Kier molecular flexibility index (Phi) is 3.26. The van der Waals surface area contributed by atoms with E-state index in [1.165, 1.54) is 6.07 Å². The minimum Gasteiger partial charge on any atom is -0.507 e. The fourth-order valence-corrected chi connectivity index (χ4v) is 1.75. The largest absolute Gasteiger partial charge is 0.507 e. The molecule has 0 spiro atoms. The highest BCUT2D eigenvalue weighted by Gasteiger charge is 2.16. The van der Waals surface area contributed by atoms with E-state index in [2.05, 4.69) is 4.90 Å². The van der Waals surface area contributed by atoms with Gasteiger partial charge in [0.25, 0.3) is 0 Å². The van der Waals surface area contributed by atoms with Crippen LogP contribution in [0.1, 0.15) is 11.3 Å². The first-order valence-corrected chi connectivity index (χ1v) is 5.29. The van der Waals surface area contributed by atoms with E-state index in [0.29, 0.717) is 31.1 Å². The summed E-state index contributed by atoms with van der Waals surface area (Å²) in [6.45, 7) is 4.92. The predicted octanol–water partition coefficient (Wildman–Crippen LogP) is 0.486. The molecule has 0 radical (unpaired) electrons. The van der Waals surface area contributed by atoms with Gasteiger partial charge in [0.05, 0.1) is 18.8 Å². The maximum Gasteiger partial charge on any atom is 0.344 e. The highest BCUT2D eigenvalue weighted by molar-refractivity contribution is 5.29. The number of hydrogen-bond donors (Lipinski definition) is 1. The SMILES string of the molecule is Cc1cc(O)c(CN2CCOCC2)c(=O)o1. The zero-order chi connectivity index (χ0) is 11.5. The molecule has 1 saturated heterocycles. The van der Waals surface area contributed by atoms with Crippen molar-refractivity contribution in [1.82, 2.24) is 4.90 Å². The number of aryl methyl sites for hydroxylation is 1. The molecule has 0 aliphatic carbocycles. The van der Waals surface area contributed by atoms with Crippen LogP contribution in [0.3, 0.4) is 0 Å². The molecule has 1 aliphatic heterocycles. The van der Waals surface area contributed by atoms with E-state index >= 15 is 0 Å². The summed E-state index contributed by atoms with van der Waals surface area (Å²) in [4.78, 5) is 13.6. The number of hydrogen-bond acceptors (Lipinski definition) is 5. The van der Waals surface area contributed by atoms with E-state index in [1.807, 2.05) is 0 Å². The molecular formula is C11H15NO4. The molecule has 1 aromatic rings. The first kappa shape index (κ1) is 11.2. The molecule has 0 amide bonds. The van der Waals surface area contributed by atoms with Crippen molar-refractivity contribution in [2.75, 3.05) is 26.3 Å². The molecule has 1 fully saturated rings. The van der Waals surface area contributed by atoms with Crippen LogP contribution in [-0.2, 0) is 11.3 Å². The summed E-state index contributed by atoms with van der Waals surface area (Å²) in [6, 6.07) is 1.47. The van der Waals surface area contributed by atoms with Gasteiger partial charge in [-0.2, -0.15) is 0 Å². The van der Waals surface area contributed by atoms with Gasteiger partial charge in [0.2, 0.25) is 0 Å². The van der Waals surface area contributed by atoms with E-state index in [0.717, 1.165) is 13.1 Å². The lowest BCUT2D eigenvalue weighted by atomic mass is 10.2. The van der Waals surface area contributed by atoms with Gasteiger partial charge in [0.1, 0.15) is 11.5 Å². The van der Waals surface area contributed by atoms with Gasteiger partial charge in [0, 0.05) is 25.7 Å². The molecule has 1 aromatic heterocycles. The van der Waals surface area contributed by atoms with Crippen molar-refractivity contribution < 1.29 is 14.3 Å². The summed E-state index contributed by atoms with van der Waals surface area (Å²) in [5, 5.41) is 9.68. The normalized spacial score (nSPS) is 17.6. The smallest absolute Gasteiger partial charge is 0.344 e. The van der Waals surface area contributed by atoms with Crippen molar-refractivity contribution >= 4 is 0 Å². The Balaban J connectivity index is 2.17. The number of ether oxygens (including phenoxy) is 1. The van der Waals surface area contributed by atoms with Crippen molar-refractivity contribution in [3.8, 4) is 5.75 Å². The fourth-order valence-electron chi connectivity index (χ4n) is 1.75. The van der Waals surface area contributed by atoms with Crippen molar-refractivity contribution in [2.45, 2.75) is 13.5 Å². The molecule has 88 valence electrons. The van der Waals surface area contributed by atoms with Crippen molar-refractivity contribution in [3.63, 3.8) is 0 Å². The van der Waals surface area contributed by atoms with Crippen molar-refractivity contribution in [1.29, 1.82) is 0 Å². The zero-order valence-electron chi connectivity index (χ0n) is 9.23. The minimum atomic E-state index is -0.455. The van der Waals surface area contributed by atoms with E-state index in [4.69, 9.17) is 9.15 Å². The van der Waals surface area contributed by atoms with Gasteiger partial charge < -0.3 is 14.3 Å². The molecule has 2 heterocycles. The van der Waals surface area contributed by atoms with Crippen molar-refractivity contribution in [2.24, 2.45) is 0 Å². The van der Waals surface area contributed by atoms with Crippen LogP contribution in [0.4, 0.5) is 0 Å². The van der Waals surface area contributed by atoms with Crippen LogP contribution in [0.2, 0.25) is 0 Å². The van der Waals surface area contributed by atoms with Crippen LogP contribution in [0.25, 0.3) is 0 Å². The second kappa shape index (κ2) is 4.67. The summed E-state index contributed by atoms with van der Waals surface area (Å²) in [6.07, 6.45) is 0. The van der Waals surface area contributed by atoms with E-state index < -0.39 is 5.63 Å². The Morgan fingerprint density at radius 1 is 1.44 bits per heavy atom. The van der Waals surface area contributed by atoms with Crippen molar-refractivity contribution in [3.05, 3.63) is 27.8 Å². The Morgan fingerprint density at radius 3 is 2.75 bits per heavy atom. The maximum absolute atomic E-state index is 11.5. The zero-order valence-corrected chi connectivity index (χ0v) is 9.23. The number of aromatic hydroxyl groups is 1. The van der Waals surface area contributed by atoms with Crippen LogP contribution in [0.15, 0.2) is 15.3 Å². The number of nitrogens with zero attached hydrogens (tertiary/aromatic N) is 1. The van der Waals surface area contributed by atoms with Crippen LogP contribution >= 0.6 is 0 Å². The average Bonchev–Trinajstić information content (AvgIpc) is 2.25. The molecule has 5 heteroatoms. The second-order valence-corrected chi connectivity index (χ2v) is 3.90. The summed E-state index contributed by atoms with van der Waals surface area (Å²) in [5.74, 6) is 0.438. The highest BCUT2D eigenvalue weighted by atomic mass is 16.5. The van der Waals surface area contributed by atoms with E-state index in [9.17, 15) is 9.90 Å². The second-order valence-electron chi connectivity index (χ2n) is 3.90. The molecule has 5 nitrogen and oxygen atoms in total. The van der Waals surface area contributed by atoms with E-state index in [1.54, 1.807) is 6.92 Å². The van der Waals surface area contributed by atoms with Crippen LogP contribution in [-0.4, -0.2) is 36.3 Å². The van der Waals surface area contributed by atoms with Gasteiger partial charge in [-0.15, -0.1) is 0 Å². The van der Waals surface area contributed by atoms with Gasteiger partial charge in [-0.1, -0.05) is 0 Å². The predicted molar refractivity (Wildman–Crippen MR) is 57.5 cm³/mol. The molecule has 1 aliphatic rings. The lowest BCUT2D eigenvalue weighted by molar-refractivity contribution is 0.0334. The number of rotatable bonds is 2. The third kappa shape index (κ3) is 2.43. The molecule has 0 atom stereocenters. The van der Waals surface area contributed by atoms with E-state index in [-0.39, 0.29) is 5.75 Å². The molecule has 0 unspecified atom stereocenters. The summed E-state index contributed by atoms with van der Waals surface area (Å²) in [5.41, 5.74) is -0.128. The Hall–Kier alpha value is -1.33. The molecule has 0 aromatic carbocycles. The Morgan fingerprint density at radius 2 is 2.12 bits per heavy atom. The van der Waals surface area contributed by atoms with Gasteiger partial charge in [-0.25, -0.2) is 4.79 Å². The third-order valence-corrected chi connectivity index (χ3v) is 2.63.